The lowest BCUT2D eigenvalue weighted by Gasteiger charge is -2.24. The summed E-state index contributed by atoms with van der Waals surface area (Å²) in [7, 11) is -28.0. The topological polar surface area (TPSA) is 326 Å². The molecule has 9 aromatic rings. The molecule has 0 aliphatic heterocycles. The van der Waals surface area contributed by atoms with Crippen LogP contribution in [0, 0.1) is 6.92 Å². The number of benzene rings is 9. The predicted molar refractivity (Wildman–Crippen MR) is 294 cm³/mol. The Morgan fingerprint density at radius 3 is 0.633 bits per heavy atom. The minimum absolute atomic E-state index is 0.353. The van der Waals surface area contributed by atoms with Crippen molar-refractivity contribution >= 4 is 60.7 Å². The molecule has 0 saturated carbocycles. The van der Waals surface area contributed by atoms with E-state index in [4.69, 9.17) is 0 Å². The van der Waals surface area contributed by atoms with Gasteiger partial charge in [0.05, 0.1) is 29.4 Å². The summed E-state index contributed by atoms with van der Waals surface area (Å²) >= 11 is 0. The van der Waals surface area contributed by atoms with E-state index in [1.807, 2.05) is 0 Å². The Balaban J connectivity index is 1.38. The van der Waals surface area contributed by atoms with Crippen LogP contribution in [-0.2, 0) is 60.7 Å². The summed E-state index contributed by atoms with van der Waals surface area (Å²) in [6.07, 6.45) is 0. The number of hydrogen-bond acceptors (Lipinski definition) is 12. The molecular weight excluding hydrogens is 1140 g/mol. The smallest absolute Gasteiger partial charge is 0.282 e. The standard InChI is InChI=1S/C55H40O18S6/c1-33-32-50(36-10-22-44(23-11-36)76(62,63)64)54(55(41-16-28-47(29-17-41)79(71,72)73)51(33)37-12-24-45(25-13-37)77(65,66)67)39-4-2-38(3-5-39)52-48(34-6-18-42(19-7-34)74(56,57)58)30-31-49(35-8-20-43(21-9-35)75(59,60)61)53(52)40-14-26-46(27-15-40)78(68,69)70/h2-32H,1H3,(H,56,57,58)(H,59,60,61)(H,62,63,64)(H,65,66,67)(H,68,69,70)(H,71,72,73). The highest BCUT2D eigenvalue weighted by Crippen LogP contribution is 2.50. The summed E-state index contributed by atoms with van der Waals surface area (Å²) in [6.45, 7) is 1.74. The molecule has 0 fully saturated rings. The zero-order chi connectivity index (χ0) is 57.2. The summed E-state index contributed by atoms with van der Waals surface area (Å²) in [4.78, 5) is -2.56. The highest BCUT2D eigenvalue weighted by molar-refractivity contribution is 7.87. The molecule has 9 aromatic carbocycles. The average Bonchev–Trinajstić information content (AvgIpc) is 3.59. The van der Waals surface area contributed by atoms with Crippen molar-refractivity contribution in [2.75, 3.05) is 0 Å². The molecule has 0 bridgehead atoms. The van der Waals surface area contributed by atoms with E-state index in [2.05, 4.69) is 0 Å². The molecule has 0 aromatic heterocycles. The van der Waals surface area contributed by atoms with E-state index in [1.165, 1.54) is 133 Å². The maximum atomic E-state index is 12.3. The van der Waals surface area contributed by atoms with Crippen molar-refractivity contribution in [3.05, 3.63) is 194 Å². The summed E-state index contributed by atoms with van der Waals surface area (Å²) in [5.41, 5.74) is 7.19. The summed E-state index contributed by atoms with van der Waals surface area (Å²) in [5, 5.41) is 0. The molecular formula is C55H40O18S6. The molecule has 0 aliphatic carbocycles. The molecule has 18 nitrogen and oxygen atoms in total. The van der Waals surface area contributed by atoms with Crippen molar-refractivity contribution in [2.45, 2.75) is 36.3 Å². The van der Waals surface area contributed by atoms with Crippen molar-refractivity contribution in [1.29, 1.82) is 0 Å². The van der Waals surface area contributed by atoms with Crippen LogP contribution in [0.5, 0.6) is 0 Å². The van der Waals surface area contributed by atoms with Crippen molar-refractivity contribution in [1.82, 2.24) is 0 Å². The minimum Gasteiger partial charge on any atom is -0.282 e. The second-order valence-corrected chi connectivity index (χ2v) is 26.4. The first kappa shape index (κ1) is 56.2. The monoisotopic (exact) mass is 1180 g/mol. The van der Waals surface area contributed by atoms with Gasteiger partial charge in [-0.15, -0.1) is 0 Å². The van der Waals surface area contributed by atoms with E-state index in [-0.39, 0.29) is 0 Å². The second kappa shape index (κ2) is 20.6. The van der Waals surface area contributed by atoms with E-state index in [1.54, 1.807) is 49.4 Å². The van der Waals surface area contributed by atoms with E-state index < -0.39 is 90.1 Å². The Bertz CT molecular complexity index is 4610. The first-order valence-corrected chi connectivity index (χ1v) is 31.4. The van der Waals surface area contributed by atoms with Crippen LogP contribution in [0.25, 0.3) is 89.0 Å². The molecule has 6 N–H and O–H groups in total. The largest absolute Gasteiger partial charge is 0.294 e. The van der Waals surface area contributed by atoms with Gasteiger partial charge in [-0.25, -0.2) is 0 Å². The first-order valence-electron chi connectivity index (χ1n) is 22.8. The van der Waals surface area contributed by atoms with Gasteiger partial charge >= 0.3 is 0 Å². The Hall–Kier alpha value is -7.56. The van der Waals surface area contributed by atoms with E-state index >= 15 is 0 Å². The van der Waals surface area contributed by atoms with E-state index in [0.717, 1.165) is 12.1 Å². The molecule has 0 amide bonds. The highest BCUT2D eigenvalue weighted by atomic mass is 32.2. The van der Waals surface area contributed by atoms with Crippen LogP contribution in [0.15, 0.2) is 217 Å². The molecule has 404 valence electrons. The Morgan fingerprint density at radius 2 is 0.392 bits per heavy atom. The third-order valence-corrected chi connectivity index (χ3v) is 18.1. The van der Waals surface area contributed by atoms with Gasteiger partial charge in [0.2, 0.25) is 0 Å². The van der Waals surface area contributed by atoms with Gasteiger partial charge in [-0.05, 0) is 174 Å². The summed E-state index contributed by atoms with van der Waals surface area (Å²) in [6, 6.07) is 43.4. The van der Waals surface area contributed by atoms with Crippen molar-refractivity contribution < 1.29 is 77.8 Å². The molecule has 0 aliphatic rings. The predicted octanol–water partition coefficient (Wildman–Crippen LogP) is 10.8. The van der Waals surface area contributed by atoms with Gasteiger partial charge in [0.15, 0.2) is 0 Å². The van der Waals surface area contributed by atoms with Gasteiger partial charge < -0.3 is 0 Å². The van der Waals surface area contributed by atoms with Crippen LogP contribution in [-0.4, -0.2) is 77.8 Å². The lowest BCUT2D eigenvalue weighted by atomic mass is 9.79. The van der Waals surface area contributed by atoms with Crippen LogP contribution < -0.4 is 0 Å². The molecule has 79 heavy (non-hydrogen) atoms. The van der Waals surface area contributed by atoms with Crippen LogP contribution in [0.3, 0.4) is 0 Å². The molecule has 0 unspecified atom stereocenters. The van der Waals surface area contributed by atoms with Gasteiger partial charge in [0, 0.05) is 0 Å². The molecule has 0 radical (unpaired) electrons. The van der Waals surface area contributed by atoms with E-state index in [9.17, 15) is 77.8 Å². The maximum Gasteiger partial charge on any atom is 0.294 e. The van der Waals surface area contributed by atoms with Crippen LogP contribution in [0.2, 0.25) is 0 Å². The third-order valence-electron chi connectivity index (χ3n) is 12.9. The average molecular weight is 1180 g/mol. The molecule has 0 atom stereocenters. The van der Waals surface area contributed by atoms with Gasteiger partial charge in [0.1, 0.15) is 0 Å². The quantitative estimate of drug-likeness (QED) is 0.0551. The number of hydrogen-bond donors (Lipinski definition) is 6. The molecule has 24 heteroatoms. The summed E-state index contributed by atoms with van der Waals surface area (Å²) < 4.78 is 206. The number of aryl methyl sites for hydroxylation is 1. The van der Waals surface area contributed by atoms with Gasteiger partial charge in [0.25, 0.3) is 60.7 Å². The van der Waals surface area contributed by atoms with Gasteiger partial charge in [-0.2, -0.15) is 50.5 Å². The molecule has 0 heterocycles. The summed E-state index contributed by atoms with van der Waals surface area (Å²) in [5.74, 6) is 0. The maximum absolute atomic E-state index is 12.3. The fourth-order valence-corrected chi connectivity index (χ4v) is 12.2. The Morgan fingerprint density at radius 1 is 0.215 bits per heavy atom. The zero-order valence-corrected chi connectivity index (χ0v) is 45.3. The van der Waals surface area contributed by atoms with Crippen LogP contribution >= 0.6 is 0 Å². The zero-order valence-electron chi connectivity index (χ0n) is 40.4. The number of rotatable bonds is 14. The van der Waals surface area contributed by atoms with Crippen LogP contribution in [0.1, 0.15) is 5.56 Å². The fourth-order valence-electron chi connectivity index (χ4n) is 9.29. The lowest BCUT2D eigenvalue weighted by molar-refractivity contribution is 0.481. The third kappa shape index (κ3) is 11.8. The molecule has 0 spiro atoms. The fraction of sp³-hybridized carbons (Fsp3) is 0.0182. The van der Waals surface area contributed by atoms with Gasteiger partial charge in [-0.3, -0.25) is 27.3 Å². The Kier molecular flexibility index (Phi) is 14.6. The van der Waals surface area contributed by atoms with Gasteiger partial charge in [-0.1, -0.05) is 115 Å². The molecule has 0 saturated heterocycles. The highest BCUT2D eigenvalue weighted by Gasteiger charge is 2.26. The normalized spacial score (nSPS) is 12.6. The molecule has 9 rings (SSSR count). The Labute approximate surface area is 454 Å². The SMILES string of the molecule is Cc1cc(-c2ccc(S(=O)(=O)O)cc2)c(-c2ccc(-c3c(-c4ccc(S(=O)(=O)O)cc4)ccc(-c4ccc(S(=O)(=O)O)cc4)c3-c3ccc(S(=O)(=O)O)cc3)cc2)c(-c2ccc(S(=O)(=O)O)cc2)c1-c1ccc(S(=O)(=O)O)cc1. The van der Waals surface area contributed by atoms with Crippen molar-refractivity contribution in [3.63, 3.8) is 0 Å². The lowest BCUT2D eigenvalue weighted by Crippen LogP contribution is -2.01. The minimum atomic E-state index is -4.71. The van der Waals surface area contributed by atoms with Crippen molar-refractivity contribution in [3.8, 4) is 89.0 Å². The van der Waals surface area contributed by atoms with Crippen LogP contribution in [0.4, 0.5) is 0 Å². The first-order chi connectivity index (χ1) is 36.9. The van der Waals surface area contributed by atoms with E-state index in [0.29, 0.717) is 94.6 Å². The second-order valence-electron chi connectivity index (χ2n) is 17.9. The van der Waals surface area contributed by atoms with Crippen molar-refractivity contribution in [2.24, 2.45) is 0 Å².